The quantitative estimate of drug-likeness (QED) is 0.314. The maximum absolute atomic E-state index is 13.2. The second kappa shape index (κ2) is 8.67. The Morgan fingerprint density at radius 2 is 1.89 bits per heavy atom. The van der Waals surface area contributed by atoms with Gasteiger partial charge in [-0.15, -0.1) is 0 Å². The van der Waals surface area contributed by atoms with Crippen molar-refractivity contribution in [2.45, 2.75) is 25.0 Å². The fraction of sp³-hybridized carbons (Fsp3) is 0.222. The summed E-state index contributed by atoms with van der Waals surface area (Å²) in [5.41, 5.74) is 1.38. The highest BCUT2D eigenvalue weighted by Crippen LogP contribution is 2.56. The Morgan fingerprint density at radius 1 is 1.17 bits per heavy atom. The van der Waals surface area contributed by atoms with E-state index in [0.29, 0.717) is 17.0 Å². The number of carbonyl (C=O) groups is 1. The van der Waals surface area contributed by atoms with Gasteiger partial charge in [0.05, 0.1) is 23.5 Å². The molecule has 9 heteroatoms. The molecule has 1 spiro atoms. The van der Waals surface area contributed by atoms with E-state index in [9.17, 15) is 14.9 Å². The number of non-ortho nitro benzene ring substituents is 1. The van der Waals surface area contributed by atoms with Gasteiger partial charge in [-0.05, 0) is 61.9 Å². The second-order valence-corrected chi connectivity index (χ2v) is 10.2. The number of fused-ring (bicyclic) bond motifs is 2. The maximum atomic E-state index is 13.2. The minimum Gasteiger partial charge on any atom is -0.493 e. The predicted molar refractivity (Wildman–Crippen MR) is 142 cm³/mol. The average Bonchev–Trinajstić information content (AvgIpc) is 3.03. The highest BCUT2D eigenvalue weighted by atomic mass is 79.9. The van der Waals surface area contributed by atoms with E-state index >= 15 is 0 Å². The minimum atomic E-state index is -1.08. The molecular weight excluding hydrogens is 526 g/mol. The van der Waals surface area contributed by atoms with E-state index in [1.165, 1.54) is 19.2 Å². The number of nitrogens with one attached hydrogen (secondary N) is 1. The molecule has 3 aromatic rings. The van der Waals surface area contributed by atoms with Crippen molar-refractivity contribution in [2.24, 2.45) is 0 Å². The zero-order valence-electron chi connectivity index (χ0n) is 19.9. The number of amides is 1. The first kappa shape index (κ1) is 23.9. The molecule has 2 aliphatic heterocycles. The Kier molecular flexibility index (Phi) is 5.75. The van der Waals surface area contributed by atoms with Crippen molar-refractivity contribution in [3.8, 4) is 11.5 Å². The third kappa shape index (κ3) is 3.71. The van der Waals surface area contributed by atoms with Crippen molar-refractivity contribution in [3.05, 3.63) is 92.5 Å². The van der Waals surface area contributed by atoms with Crippen LogP contribution in [0.15, 0.2) is 71.2 Å². The number of para-hydroxylation sites is 1. The van der Waals surface area contributed by atoms with Crippen molar-refractivity contribution >= 4 is 45.0 Å². The Morgan fingerprint density at radius 3 is 2.58 bits per heavy atom. The summed E-state index contributed by atoms with van der Waals surface area (Å²) in [6, 6.07) is 18.1. The van der Waals surface area contributed by atoms with E-state index in [0.717, 1.165) is 15.7 Å². The molecule has 1 atom stereocenters. The molecule has 0 fully saturated rings. The van der Waals surface area contributed by atoms with E-state index < -0.39 is 16.1 Å². The standard InChI is InChI=1S/C27H24BrN3O5/c1-26(2)21-6-4-5-7-22(21)30(16-24(32)29-19-10-8-18(28)9-11-19)27(26)13-12-17-14-20(31(33)34)15-23(35-3)25(17)36-27/h4-15H,16H2,1-3H3,(H,29,32). The molecule has 36 heavy (non-hydrogen) atoms. The number of hydrogen-bond acceptors (Lipinski definition) is 6. The number of benzene rings is 3. The van der Waals surface area contributed by atoms with Gasteiger partial charge in [0.15, 0.2) is 11.5 Å². The smallest absolute Gasteiger partial charge is 0.274 e. The molecule has 2 aliphatic rings. The summed E-state index contributed by atoms with van der Waals surface area (Å²) in [7, 11) is 1.45. The summed E-state index contributed by atoms with van der Waals surface area (Å²) < 4.78 is 13.1. The fourth-order valence-electron chi connectivity index (χ4n) is 5.00. The van der Waals surface area contributed by atoms with Gasteiger partial charge in [0.1, 0.15) is 6.54 Å². The molecule has 1 unspecified atom stereocenters. The van der Waals surface area contributed by atoms with Gasteiger partial charge in [0, 0.05) is 27.5 Å². The predicted octanol–water partition coefficient (Wildman–Crippen LogP) is 5.90. The Hall–Kier alpha value is -3.85. The van der Waals surface area contributed by atoms with Crippen molar-refractivity contribution in [1.82, 2.24) is 0 Å². The summed E-state index contributed by atoms with van der Waals surface area (Å²) in [5.74, 6) is 0.446. The third-order valence-electron chi connectivity index (χ3n) is 6.84. The summed E-state index contributed by atoms with van der Waals surface area (Å²) in [6.45, 7) is 4.14. The van der Waals surface area contributed by atoms with Gasteiger partial charge < -0.3 is 19.7 Å². The zero-order chi connectivity index (χ0) is 25.7. The maximum Gasteiger partial charge on any atom is 0.274 e. The Balaban J connectivity index is 1.57. The summed E-state index contributed by atoms with van der Waals surface area (Å²) in [4.78, 5) is 26.2. The molecule has 0 radical (unpaired) electrons. The lowest BCUT2D eigenvalue weighted by molar-refractivity contribution is -0.385. The number of rotatable bonds is 5. The molecule has 0 saturated carbocycles. The molecule has 1 amide bonds. The molecule has 3 aromatic carbocycles. The van der Waals surface area contributed by atoms with E-state index in [1.54, 1.807) is 0 Å². The highest BCUT2D eigenvalue weighted by molar-refractivity contribution is 9.10. The first-order valence-corrected chi connectivity index (χ1v) is 12.1. The Labute approximate surface area is 216 Å². The lowest BCUT2D eigenvalue weighted by Gasteiger charge is -2.47. The van der Waals surface area contributed by atoms with Crippen LogP contribution in [-0.4, -0.2) is 30.2 Å². The number of halogens is 1. The van der Waals surface area contributed by atoms with Gasteiger partial charge in [0.2, 0.25) is 11.6 Å². The number of hydrogen-bond donors (Lipinski definition) is 1. The average molecular weight is 550 g/mol. The molecule has 0 aliphatic carbocycles. The first-order chi connectivity index (χ1) is 17.2. The van der Waals surface area contributed by atoms with Crippen LogP contribution in [0.3, 0.4) is 0 Å². The van der Waals surface area contributed by atoms with E-state index in [2.05, 4.69) is 35.1 Å². The van der Waals surface area contributed by atoms with Crippen LogP contribution in [0.1, 0.15) is 25.0 Å². The van der Waals surface area contributed by atoms with Crippen molar-refractivity contribution in [1.29, 1.82) is 0 Å². The van der Waals surface area contributed by atoms with Gasteiger partial charge >= 0.3 is 0 Å². The largest absolute Gasteiger partial charge is 0.493 e. The minimum absolute atomic E-state index is 0.0193. The normalized spacial score (nSPS) is 18.8. The van der Waals surface area contributed by atoms with Crippen LogP contribution in [0.2, 0.25) is 0 Å². The summed E-state index contributed by atoms with van der Waals surface area (Å²) in [6.07, 6.45) is 3.69. The van der Waals surface area contributed by atoms with Gasteiger partial charge in [-0.2, -0.15) is 0 Å². The number of nitrogens with zero attached hydrogens (tertiary/aromatic N) is 2. The number of nitro benzene ring substituents is 1. The van der Waals surface area contributed by atoms with E-state index in [1.807, 2.05) is 65.6 Å². The van der Waals surface area contributed by atoms with Crippen LogP contribution >= 0.6 is 15.9 Å². The van der Waals surface area contributed by atoms with Crippen LogP contribution < -0.4 is 19.7 Å². The zero-order valence-corrected chi connectivity index (χ0v) is 21.5. The molecule has 5 rings (SSSR count). The number of carbonyl (C=O) groups excluding carboxylic acids is 1. The summed E-state index contributed by atoms with van der Waals surface area (Å²) in [5, 5.41) is 14.4. The first-order valence-electron chi connectivity index (χ1n) is 11.3. The van der Waals surface area contributed by atoms with Crippen molar-refractivity contribution in [3.63, 3.8) is 0 Å². The molecule has 1 N–H and O–H groups in total. The van der Waals surface area contributed by atoms with Gasteiger partial charge in [-0.3, -0.25) is 14.9 Å². The number of nitro groups is 1. The Bertz CT molecular complexity index is 1400. The third-order valence-corrected chi connectivity index (χ3v) is 7.37. The van der Waals surface area contributed by atoms with Gasteiger partial charge in [-0.25, -0.2) is 0 Å². The number of methoxy groups -OCH3 is 1. The van der Waals surface area contributed by atoms with Crippen LogP contribution in [0.25, 0.3) is 6.08 Å². The van der Waals surface area contributed by atoms with Crippen molar-refractivity contribution < 1.29 is 19.2 Å². The number of anilines is 2. The lowest BCUT2D eigenvalue weighted by Crippen LogP contribution is -2.61. The highest BCUT2D eigenvalue weighted by Gasteiger charge is 2.59. The molecule has 184 valence electrons. The van der Waals surface area contributed by atoms with Crippen LogP contribution in [-0.2, 0) is 10.2 Å². The molecule has 0 saturated heterocycles. The molecule has 8 nitrogen and oxygen atoms in total. The van der Waals surface area contributed by atoms with Crippen molar-refractivity contribution in [2.75, 3.05) is 23.9 Å². The lowest BCUT2D eigenvalue weighted by atomic mass is 9.76. The van der Waals surface area contributed by atoms with Crippen LogP contribution in [0.5, 0.6) is 11.5 Å². The van der Waals surface area contributed by atoms with Gasteiger partial charge in [0.25, 0.3) is 5.69 Å². The molecule has 0 bridgehead atoms. The van der Waals surface area contributed by atoms with Crippen LogP contribution in [0, 0.1) is 10.1 Å². The molecule has 0 aromatic heterocycles. The van der Waals surface area contributed by atoms with E-state index in [4.69, 9.17) is 9.47 Å². The summed E-state index contributed by atoms with van der Waals surface area (Å²) >= 11 is 3.41. The monoisotopic (exact) mass is 549 g/mol. The molecule has 2 heterocycles. The van der Waals surface area contributed by atoms with E-state index in [-0.39, 0.29) is 23.9 Å². The second-order valence-electron chi connectivity index (χ2n) is 9.24. The van der Waals surface area contributed by atoms with Crippen LogP contribution in [0.4, 0.5) is 17.1 Å². The topological polar surface area (TPSA) is 93.9 Å². The van der Waals surface area contributed by atoms with Gasteiger partial charge in [-0.1, -0.05) is 34.1 Å². The number of ether oxygens (including phenoxy) is 2. The molecular formula is C27H24BrN3O5. The SMILES string of the molecule is COc1cc([N+](=O)[O-])cc2c1OC1(C=C2)N(CC(=O)Nc2ccc(Br)cc2)c2ccccc2C1(C)C. The fourth-order valence-corrected chi connectivity index (χ4v) is 5.26.